The van der Waals surface area contributed by atoms with Crippen molar-refractivity contribution in [3.63, 3.8) is 0 Å². The minimum absolute atomic E-state index is 0.509. The Balaban J connectivity index is 1.45. The van der Waals surface area contributed by atoms with Gasteiger partial charge in [-0.3, -0.25) is 14.7 Å². The van der Waals surface area contributed by atoms with E-state index < -0.39 is 0 Å². The Morgan fingerprint density at radius 2 is 2.15 bits per heavy atom. The van der Waals surface area contributed by atoms with Crippen LogP contribution in [0.25, 0.3) is 10.9 Å². The Morgan fingerprint density at radius 3 is 3.00 bits per heavy atom. The van der Waals surface area contributed by atoms with Gasteiger partial charge in [-0.25, -0.2) is 4.98 Å². The number of amidine groups is 1. The number of rotatable bonds is 3. The van der Waals surface area contributed by atoms with Gasteiger partial charge in [-0.15, -0.1) is 0 Å². The summed E-state index contributed by atoms with van der Waals surface area (Å²) in [6.07, 6.45) is 3.45. The summed E-state index contributed by atoms with van der Waals surface area (Å²) in [5.41, 5.74) is 5.91. The van der Waals surface area contributed by atoms with Crippen LogP contribution >= 0.6 is 0 Å². The highest BCUT2D eigenvalue weighted by atomic mass is 16.3. The molecule has 0 bridgehead atoms. The van der Waals surface area contributed by atoms with Crippen LogP contribution in [0.3, 0.4) is 0 Å². The molecule has 4 heterocycles. The molecular weight excluding hydrogens is 340 g/mol. The molecule has 3 aromatic heterocycles. The van der Waals surface area contributed by atoms with Gasteiger partial charge in [0.1, 0.15) is 18.5 Å². The van der Waals surface area contributed by atoms with Crippen molar-refractivity contribution < 1.29 is 4.42 Å². The predicted molar refractivity (Wildman–Crippen MR) is 103 cm³/mol. The molecule has 0 aliphatic carbocycles. The molecule has 1 N–H and O–H groups in total. The van der Waals surface area contributed by atoms with Gasteiger partial charge < -0.3 is 9.73 Å². The summed E-state index contributed by atoms with van der Waals surface area (Å²) in [7, 11) is 0. The van der Waals surface area contributed by atoms with Crippen LogP contribution in [0.2, 0.25) is 0 Å². The van der Waals surface area contributed by atoms with E-state index in [2.05, 4.69) is 43.6 Å². The zero-order valence-corrected chi connectivity index (χ0v) is 15.1. The van der Waals surface area contributed by atoms with Crippen molar-refractivity contribution in [3.05, 3.63) is 71.3 Å². The predicted octanol–water partition coefficient (Wildman–Crippen LogP) is 3.46. The molecule has 0 fully saturated rings. The highest BCUT2D eigenvalue weighted by Crippen LogP contribution is 2.25. The van der Waals surface area contributed by atoms with Gasteiger partial charge in [0.05, 0.1) is 23.4 Å². The molecule has 0 spiro atoms. The summed E-state index contributed by atoms with van der Waals surface area (Å²) in [5, 5.41) is 9.13. The summed E-state index contributed by atoms with van der Waals surface area (Å²) < 4.78 is 7.39. The summed E-state index contributed by atoms with van der Waals surface area (Å²) in [6.45, 7) is 5.10. The average Bonchev–Trinajstić information content (AvgIpc) is 3.35. The van der Waals surface area contributed by atoms with E-state index in [1.54, 1.807) is 12.5 Å². The molecule has 5 rings (SSSR count). The van der Waals surface area contributed by atoms with Crippen LogP contribution in [0.4, 0.5) is 5.69 Å². The van der Waals surface area contributed by atoms with Crippen LogP contribution < -0.4 is 5.32 Å². The van der Waals surface area contributed by atoms with E-state index in [-0.39, 0.29) is 0 Å². The van der Waals surface area contributed by atoms with E-state index in [9.17, 15) is 0 Å². The fourth-order valence-electron chi connectivity index (χ4n) is 3.40. The zero-order chi connectivity index (χ0) is 18.4. The van der Waals surface area contributed by atoms with Crippen LogP contribution in [0.15, 0.2) is 52.2 Å². The molecule has 1 aliphatic heterocycles. The van der Waals surface area contributed by atoms with Crippen molar-refractivity contribution >= 4 is 22.4 Å². The van der Waals surface area contributed by atoms with Gasteiger partial charge in [-0.2, -0.15) is 5.10 Å². The Morgan fingerprint density at radius 1 is 1.22 bits per heavy atom. The Kier molecular flexibility index (Phi) is 3.53. The molecule has 4 aromatic rings. The molecule has 1 aliphatic rings. The lowest BCUT2D eigenvalue weighted by molar-refractivity contribution is 0.468. The van der Waals surface area contributed by atoms with Crippen LogP contribution in [0.1, 0.15) is 28.5 Å². The Labute approximate surface area is 155 Å². The Bertz CT molecular complexity index is 1190. The molecule has 7 heteroatoms. The summed E-state index contributed by atoms with van der Waals surface area (Å²) in [4.78, 5) is 13.4. The summed E-state index contributed by atoms with van der Waals surface area (Å²) in [5.74, 6) is 1.47. The molecule has 0 atom stereocenters. The lowest BCUT2D eigenvalue weighted by Gasteiger charge is -2.07. The molecule has 0 radical (unpaired) electrons. The number of aliphatic imine (C=N–C) groups is 1. The van der Waals surface area contributed by atoms with Gasteiger partial charge in [-0.1, -0.05) is 6.07 Å². The molecule has 134 valence electrons. The van der Waals surface area contributed by atoms with Gasteiger partial charge in [0, 0.05) is 22.8 Å². The Hall–Kier alpha value is -3.48. The molecule has 1 aromatic carbocycles. The number of nitrogens with zero attached hydrogens (tertiary/aromatic N) is 5. The number of anilines is 1. The molecule has 0 unspecified atom stereocenters. The van der Waals surface area contributed by atoms with E-state index in [4.69, 9.17) is 4.42 Å². The maximum Gasteiger partial charge on any atom is 0.215 e. The van der Waals surface area contributed by atoms with Gasteiger partial charge in [0.25, 0.3) is 0 Å². The van der Waals surface area contributed by atoms with E-state index in [0.29, 0.717) is 19.0 Å². The first-order chi connectivity index (χ1) is 13.2. The summed E-state index contributed by atoms with van der Waals surface area (Å²) >= 11 is 0. The smallest absolute Gasteiger partial charge is 0.215 e. The number of aryl methyl sites for hydroxylation is 2. The number of hydrogen-bond acceptors (Lipinski definition) is 6. The van der Waals surface area contributed by atoms with Crippen molar-refractivity contribution in [2.45, 2.75) is 26.9 Å². The first-order valence-electron chi connectivity index (χ1n) is 8.81. The number of hydrogen-bond donors (Lipinski definition) is 1. The van der Waals surface area contributed by atoms with Gasteiger partial charge in [0.15, 0.2) is 5.84 Å². The standard InChI is InChI=1S/C20H18N6O/c1-12-11-27-18(23-12)10-26-17-6-5-15(8-16(17)13(2)25-26)24-20-19-14(9-22-20)4-3-7-21-19/h3-8,11H,9-10H2,1-2H3,(H,22,24). The van der Waals surface area contributed by atoms with Crippen molar-refractivity contribution in [2.24, 2.45) is 4.99 Å². The van der Waals surface area contributed by atoms with Crippen molar-refractivity contribution in [1.29, 1.82) is 0 Å². The molecule has 0 saturated carbocycles. The van der Waals surface area contributed by atoms with E-state index in [1.807, 2.05) is 30.7 Å². The van der Waals surface area contributed by atoms with Crippen LogP contribution in [-0.4, -0.2) is 25.6 Å². The first kappa shape index (κ1) is 15.7. The number of pyridine rings is 1. The average molecular weight is 358 g/mol. The van der Waals surface area contributed by atoms with E-state index in [0.717, 1.165) is 45.1 Å². The molecule has 0 amide bonds. The zero-order valence-electron chi connectivity index (χ0n) is 15.1. The van der Waals surface area contributed by atoms with Crippen molar-refractivity contribution in [2.75, 3.05) is 5.32 Å². The number of oxazole rings is 1. The number of aromatic nitrogens is 4. The number of nitrogens with one attached hydrogen (secondary N) is 1. The first-order valence-corrected chi connectivity index (χ1v) is 8.81. The van der Waals surface area contributed by atoms with Crippen LogP contribution in [-0.2, 0) is 13.1 Å². The van der Waals surface area contributed by atoms with Crippen molar-refractivity contribution in [1.82, 2.24) is 19.7 Å². The molecule has 7 nitrogen and oxygen atoms in total. The number of benzene rings is 1. The molecule has 27 heavy (non-hydrogen) atoms. The second kappa shape index (κ2) is 6.05. The summed E-state index contributed by atoms with van der Waals surface area (Å²) in [6, 6.07) is 10.2. The van der Waals surface area contributed by atoms with Crippen molar-refractivity contribution in [3.8, 4) is 0 Å². The maximum atomic E-state index is 5.47. The second-order valence-corrected chi connectivity index (χ2v) is 6.66. The SMILES string of the molecule is Cc1coc(Cn2nc(C)c3cc(NC4=NCc5cccnc54)ccc32)n1. The fourth-order valence-corrected chi connectivity index (χ4v) is 3.40. The normalized spacial score (nSPS) is 13.0. The molecular formula is C20H18N6O. The minimum atomic E-state index is 0.509. The van der Waals surface area contributed by atoms with Gasteiger partial charge in [0.2, 0.25) is 5.89 Å². The fraction of sp³-hybridized carbons (Fsp3) is 0.200. The van der Waals surface area contributed by atoms with Crippen LogP contribution in [0.5, 0.6) is 0 Å². The largest absolute Gasteiger partial charge is 0.447 e. The number of fused-ring (bicyclic) bond motifs is 2. The van der Waals surface area contributed by atoms with E-state index in [1.165, 1.54) is 0 Å². The highest BCUT2D eigenvalue weighted by molar-refractivity contribution is 6.09. The quantitative estimate of drug-likeness (QED) is 0.606. The lowest BCUT2D eigenvalue weighted by atomic mass is 10.2. The molecule has 0 saturated heterocycles. The highest BCUT2D eigenvalue weighted by Gasteiger charge is 2.17. The van der Waals surface area contributed by atoms with Gasteiger partial charge in [-0.05, 0) is 38.1 Å². The van der Waals surface area contributed by atoms with Crippen LogP contribution in [0, 0.1) is 13.8 Å². The lowest BCUT2D eigenvalue weighted by Crippen LogP contribution is -2.13. The third-order valence-electron chi connectivity index (χ3n) is 4.67. The second-order valence-electron chi connectivity index (χ2n) is 6.66. The third-order valence-corrected chi connectivity index (χ3v) is 4.67. The third kappa shape index (κ3) is 2.77. The monoisotopic (exact) mass is 358 g/mol. The van der Waals surface area contributed by atoms with E-state index >= 15 is 0 Å². The topological polar surface area (TPSA) is 81.1 Å². The maximum absolute atomic E-state index is 5.47. The van der Waals surface area contributed by atoms with Gasteiger partial charge >= 0.3 is 0 Å². The minimum Gasteiger partial charge on any atom is -0.447 e.